The standard InChI is InChI=1S/C39H77NO/c1-4-6-8-10-12-14-16-18-20-22-24-26-28-30-32-34-36-40(38-39(3)41)37-35-33-31-29-27-25-23-21-19-17-15-13-11-9-7-5-2/h18-21,39,41H,4-17,22-38H2,1-3H3/b20-18-,21-19-. The lowest BCUT2D eigenvalue weighted by atomic mass is 10.1. The van der Waals surface area contributed by atoms with Crippen LogP contribution in [0, 0.1) is 0 Å². The van der Waals surface area contributed by atoms with E-state index in [0.717, 1.165) is 19.6 Å². The Morgan fingerprint density at radius 3 is 0.976 bits per heavy atom. The summed E-state index contributed by atoms with van der Waals surface area (Å²) in [5.41, 5.74) is 0. The number of hydrogen-bond donors (Lipinski definition) is 1. The van der Waals surface area contributed by atoms with Gasteiger partial charge in [0.05, 0.1) is 6.10 Å². The van der Waals surface area contributed by atoms with Gasteiger partial charge in [0.2, 0.25) is 0 Å². The Morgan fingerprint density at radius 2 is 0.683 bits per heavy atom. The van der Waals surface area contributed by atoms with E-state index in [1.165, 1.54) is 180 Å². The van der Waals surface area contributed by atoms with Crippen LogP contribution in [0.25, 0.3) is 0 Å². The molecule has 41 heavy (non-hydrogen) atoms. The van der Waals surface area contributed by atoms with Crippen molar-refractivity contribution < 1.29 is 5.11 Å². The molecule has 0 heterocycles. The summed E-state index contributed by atoms with van der Waals surface area (Å²) in [7, 11) is 0. The predicted octanol–water partition coefficient (Wildman–Crippen LogP) is 12.7. The van der Waals surface area contributed by atoms with E-state index in [2.05, 4.69) is 43.1 Å². The molecule has 0 aliphatic carbocycles. The average Bonchev–Trinajstić information content (AvgIpc) is 2.96. The molecular formula is C39H77NO. The second kappa shape index (κ2) is 35.6. The van der Waals surface area contributed by atoms with Crippen molar-refractivity contribution in [2.75, 3.05) is 19.6 Å². The smallest absolute Gasteiger partial charge is 0.0639 e. The Labute approximate surface area is 260 Å². The second-order valence-electron chi connectivity index (χ2n) is 13.0. The lowest BCUT2D eigenvalue weighted by Gasteiger charge is -2.23. The number of hydrogen-bond acceptors (Lipinski definition) is 2. The highest BCUT2D eigenvalue weighted by atomic mass is 16.3. The van der Waals surface area contributed by atoms with Crippen LogP contribution in [0.4, 0.5) is 0 Å². The van der Waals surface area contributed by atoms with Gasteiger partial charge < -0.3 is 10.0 Å². The van der Waals surface area contributed by atoms with Crippen molar-refractivity contribution in [2.24, 2.45) is 0 Å². The third kappa shape index (κ3) is 35.5. The van der Waals surface area contributed by atoms with Crippen LogP contribution in [0.15, 0.2) is 24.3 Å². The summed E-state index contributed by atoms with van der Waals surface area (Å²) in [6.45, 7) is 9.69. The Morgan fingerprint density at radius 1 is 0.415 bits per heavy atom. The third-order valence-electron chi connectivity index (χ3n) is 8.49. The van der Waals surface area contributed by atoms with Crippen molar-refractivity contribution in [3.8, 4) is 0 Å². The van der Waals surface area contributed by atoms with E-state index in [4.69, 9.17) is 0 Å². The fourth-order valence-corrected chi connectivity index (χ4v) is 5.83. The molecule has 244 valence electrons. The Bertz CT molecular complexity index is 484. The Balaban J connectivity index is 3.55. The minimum absolute atomic E-state index is 0.210. The van der Waals surface area contributed by atoms with Crippen molar-refractivity contribution in [3.05, 3.63) is 24.3 Å². The number of allylic oxidation sites excluding steroid dienone is 4. The first-order valence-corrected chi connectivity index (χ1v) is 18.9. The van der Waals surface area contributed by atoms with Gasteiger partial charge in [-0.1, -0.05) is 154 Å². The highest BCUT2D eigenvalue weighted by Gasteiger charge is 2.08. The third-order valence-corrected chi connectivity index (χ3v) is 8.49. The van der Waals surface area contributed by atoms with Crippen molar-refractivity contribution in [1.29, 1.82) is 0 Å². The van der Waals surface area contributed by atoms with Crippen LogP contribution in [-0.4, -0.2) is 35.7 Å². The maximum Gasteiger partial charge on any atom is 0.0639 e. The highest BCUT2D eigenvalue weighted by molar-refractivity contribution is 4.82. The van der Waals surface area contributed by atoms with E-state index in [0.29, 0.717) is 0 Å². The van der Waals surface area contributed by atoms with Crippen LogP contribution in [0.3, 0.4) is 0 Å². The quantitative estimate of drug-likeness (QED) is 0.0609. The normalized spacial score (nSPS) is 12.9. The maximum atomic E-state index is 9.94. The zero-order valence-corrected chi connectivity index (χ0v) is 28.7. The molecule has 0 bridgehead atoms. The number of aliphatic hydroxyl groups excluding tert-OH is 1. The number of aliphatic hydroxyl groups is 1. The van der Waals surface area contributed by atoms with Crippen LogP contribution >= 0.6 is 0 Å². The van der Waals surface area contributed by atoms with E-state index >= 15 is 0 Å². The summed E-state index contributed by atoms with van der Waals surface area (Å²) in [6.07, 6.45) is 47.7. The first-order chi connectivity index (χ1) is 20.2. The van der Waals surface area contributed by atoms with Crippen molar-refractivity contribution in [2.45, 2.75) is 207 Å². The number of rotatable bonds is 34. The summed E-state index contributed by atoms with van der Waals surface area (Å²) in [5.74, 6) is 0. The van der Waals surface area contributed by atoms with Crippen molar-refractivity contribution in [1.82, 2.24) is 4.90 Å². The molecular weight excluding hydrogens is 498 g/mol. The molecule has 1 unspecified atom stereocenters. The molecule has 0 fully saturated rings. The van der Waals surface area contributed by atoms with E-state index in [1.54, 1.807) is 0 Å². The fourth-order valence-electron chi connectivity index (χ4n) is 5.83. The first-order valence-electron chi connectivity index (χ1n) is 18.9. The Kier molecular flexibility index (Phi) is 35.1. The van der Waals surface area contributed by atoms with Gasteiger partial charge >= 0.3 is 0 Å². The monoisotopic (exact) mass is 576 g/mol. The van der Waals surface area contributed by atoms with Gasteiger partial charge in [-0.3, -0.25) is 0 Å². The SMILES string of the molecule is CCCCCCCC/C=C\CCCCCCCCN(CCCCCCCC/C=C\CCCCCCCC)CC(C)O. The summed E-state index contributed by atoms with van der Waals surface area (Å²) in [5, 5.41) is 9.94. The molecule has 1 N–H and O–H groups in total. The minimum Gasteiger partial charge on any atom is -0.392 e. The maximum absolute atomic E-state index is 9.94. The molecule has 0 saturated carbocycles. The van der Waals surface area contributed by atoms with Crippen LogP contribution in [0.1, 0.15) is 201 Å². The van der Waals surface area contributed by atoms with Gasteiger partial charge in [0.15, 0.2) is 0 Å². The molecule has 0 rings (SSSR count). The molecule has 2 heteroatoms. The van der Waals surface area contributed by atoms with Crippen LogP contribution in [0.2, 0.25) is 0 Å². The van der Waals surface area contributed by atoms with Crippen LogP contribution < -0.4 is 0 Å². The Hall–Kier alpha value is -0.600. The van der Waals surface area contributed by atoms with Crippen LogP contribution in [-0.2, 0) is 0 Å². The summed E-state index contributed by atoms with van der Waals surface area (Å²) < 4.78 is 0. The fraction of sp³-hybridized carbons (Fsp3) is 0.897. The van der Waals surface area contributed by atoms with E-state index in [-0.39, 0.29) is 6.10 Å². The van der Waals surface area contributed by atoms with Gasteiger partial charge in [-0.05, 0) is 84.2 Å². The molecule has 0 aromatic heterocycles. The first kappa shape index (κ1) is 40.4. The van der Waals surface area contributed by atoms with Gasteiger partial charge in [-0.25, -0.2) is 0 Å². The highest BCUT2D eigenvalue weighted by Crippen LogP contribution is 2.13. The molecule has 0 aromatic carbocycles. The predicted molar refractivity (Wildman–Crippen MR) is 187 cm³/mol. The largest absolute Gasteiger partial charge is 0.392 e. The van der Waals surface area contributed by atoms with E-state index in [1.807, 2.05) is 6.92 Å². The van der Waals surface area contributed by atoms with Gasteiger partial charge in [0, 0.05) is 6.54 Å². The molecule has 0 spiro atoms. The summed E-state index contributed by atoms with van der Waals surface area (Å²) in [4.78, 5) is 2.52. The van der Waals surface area contributed by atoms with Gasteiger partial charge in [0.25, 0.3) is 0 Å². The van der Waals surface area contributed by atoms with Gasteiger partial charge in [0.1, 0.15) is 0 Å². The summed E-state index contributed by atoms with van der Waals surface area (Å²) >= 11 is 0. The zero-order chi connectivity index (χ0) is 29.9. The van der Waals surface area contributed by atoms with E-state index in [9.17, 15) is 5.11 Å². The molecule has 2 nitrogen and oxygen atoms in total. The number of unbranched alkanes of at least 4 members (excludes halogenated alkanes) is 24. The summed E-state index contributed by atoms with van der Waals surface area (Å²) in [6, 6.07) is 0. The molecule has 0 amide bonds. The lowest BCUT2D eigenvalue weighted by molar-refractivity contribution is 0.123. The van der Waals surface area contributed by atoms with Crippen LogP contribution in [0.5, 0.6) is 0 Å². The zero-order valence-electron chi connectivity index (χ0n) is 28.7. The number of nitrogens with zero attached hydrogens (tertiary/aromatic N) is 1. The minimum atomic E-state index is -0.210. The van der Waals surface area contributed by atoms with Gasteiger partial charge in [-0.15, -0.1) is 0 Å². The molecule has 0 saturated heterocycles. The molecule has 0 radical (unpaired) electrons. The molecule has 0 aliphatic rings. The van der Waals surface area contributed by atoms with Crippen molar-refractivity contribution >= 4 is 0 Å². The molecule has 0 aromatic rings. The topological polar surface area (TPSA) is 23.5 Å². The van der Waals surface area contributed by atoms with Crippen molar-refractivity contribution in [3.63, 3.8) is 0 Å². The van der Waals surface area contributed by atoms with Gasteiger partial charge in [-0.2, -0.15) is 0 Å². The molecule has 0 aliphatic heterocycles. The average molecular weight is 576 g/mol. The van der Waals surface area contributed by atoms with E-state index < -0.39 is 0 Å². The second-order valence-corrected chi connectivity index (χ2v) is 13.0. The molecule has 1 atom stereocenters. The lowest BCUT2D eigenvalue weighted by Crippen LogP contribution is -2.32.